The van der Waals surface area contributed by atoms with Crippen LogP contribution in [0.5, 0.6) is 23.0 Å². The number of sulfonamides is 2. The van der Waals surface area contributed by atoms with Crippen molar-refractivity contribution in [2.45, 2.75) is 203 Å². The van der Waals surface area contributed by atoms with Gasteiger partial charge in [-0.25, -0.2) is 62.0 Å². The van der Waals surface area contributed by atoms with Crippen molar-refractivity contribution in [1.82, 2.24) is 29.7 Å². The Morgan fingerprint density at radius 3 is 1.22 bits per heavy atom. The molecule has 5 aromatic carbocycles. The number of methoxy groups -OCH3 is 4. The highest BCUT2D eigenvalue weighted by molar-refractivity contribution is 9.10. The van der Waals surface area contributed by atoms with E-state index in [9.17, 15) is 25.3 Å². The number of carbonyl (C=O) groups is 1. The maximum atomic E-state index is 15.9. The van der Waals surface area contributed by atoms with Gasteiger partial charge in [-0.15, -0.1) is 34.0 Å². The predicted molar refractivity (Wildman–Crippen MR) is 456 cm³/mol. The smallest absolute Gasteiger partial charge is 0.454 e. The van der Waals surface area contributed by atoms with Crippen LogP contribution in [0.3, 0.4) is 0 Å². The van der Waals surface area contributed by atoms with Gasteiger partial charge in [-0.1, -0.05) is 51.4 Å². The Balaban J connectivity index is 0.000000176. The number of nitrogens with zero attached hydrogens (tertiary/aromatic N) is 8. The van der Waals surface area contributed by atoms with Crippen LogP contribution in [-0.4, -0.2) is 191 Å². The molecule has 3 heterocycles. The van der Waals surface area contributed by atoms with E-state index in [1.54, 1.807) is 78.0 Å². The SMILES string of the molecule is CN(C)[C@H]1CCCC[C@@H]1Nc1cc(F)c(S(=O)(=O)Cc2nccs2)cc1C1CC1.COc1ccc(CN(c2nccs2)S(=O)(=O)c2cc(Br)c(N[C@H]3CCCC[C@@H]3N(C)C)cc2F)c(OC)c1.COc1ccc(CN(c2nccs2)S(=O)(=O)c2cc(C3CC3)c(N[C@H]3CCCC[C@@H]3N(C)C)cc2F)c(OC)c1.O=CO.OB(O)C1CC1. The van der Waals surface area contributed by atoms with Crippen LogP contribution in [0.2, 0.25) is 5.82 Å². The average Bonchev–Trinajstić information content (AvgIpc) is 1.33. The quantitative estimate of drug-likeness (QED) is 0.0187. The second-order valence-corrected chi connectivity index (χ2v) is 39.5. The predicted octanol–water partition coefficient (Wildman–Crippen LogP) is 15.3. The van der Waals surface area contributed by atoms with Gasteiger partial charge < -0.3 is 64.8 Å². The van der Waals surface area contributed by atoms with Gasteiger partial charge in [-0.05, 0) is 212 Å². The average molecular weight is 1790 g/mol. The Morgan fingerprint density at radius 1 is 0.500 bits per heavy atom. The minimum Gasteiger partial charge on any atom is -0.497 e. The van der Waals surface area contributed by atoms with E-state index < -0.39 is 59.3 Å². The fourth-order valence-corrected chi connectivity index (χ4v) is 22.7. The molecule has 6 saturated carbocycles. The molecule has 6 aliphatic rings. The van der Waals surface area contributed by atoms with E-state index in [1.165, 1.54) is 93.5 Å². The van der Waals surface area contributed by atoms with Crippen molar-refractivity contribution >= 4 is 121 Å². The molecule has 36 heteroatoms. The number of anilines is 5. The maximum absolute atomic E-state index is 15.9. The van der Waals surface area contributed by atoms with Crippen molar-refractivity contribution in [1.29, 1.82) is 0 Å². The summed E-state index contributed by atoms with van der Waals surface area (Å²) in [5.74, 6) is 0.275. The van der Waals surface area contributed by atoms with E-state index in [0.717, 1.165) is 139 Å². The third kappa shape index (κ3) is 23.6. The molecule has 632 valence electrons. The molecule has 0 aliphatic heterocycles. The molecular formula is C80H106BBrF3N11O14S6. The van der Waals surface area contributed by atoms with Crippen LogP contribution < -0.4 is 43.5 Å². The molecule has 0 radical (unpaired) electrons. The number of benzene rings is 5. The van der Waals surface area contributed by atoms with Crippen LogP contribution >= 0.6 is 49.9 Å². The van der Waals surface area contributed by atoms with Gasteiger partial charge >= 0.3 is 7.12 Å². The lowest BCUT2D eigenvalue weighted by atomic mass is 9.84. The summed E-state index contributed by atoms with van der Waals surface area (Å²) in [6.07, 6.45) is 23.7. The fraction of sp³-hybridized carbons (Fsp3) is 0.500. The fourth-order valence-electron chi connectivity index (χ4n) is 15.1. The summed E-state index contributed by atoms with van der Waals surface area (Å²) in [5.41, 5.74) is 4.98. The minimum absolute atomic E-state index is 0.0756. The Kier molecular flexibility index (Phi) is 32.6. The topological polar surface area (TPSA) is 308 Å². The first kappa shape index (κ1) is 91.0. The van der Waals surface area contributed by atoms with E-state index in [-0.39, 0.29) is 75.2 Å². The van der Waals surface area contributed by atoms with Crippen molar-refractivity contribution < 1.29 is 77.3 Å². The zero-order valence-corrected chi connectivity index (χ0v) is 73.4. The summed E-state index contributed by atoms with van der Waals surface area (Å²) < 4.78 is 153. The summed E-state index contributed by atoms with van der Waals surface area (Å²) >= 11 is 7.09. The first-order chi connectivity index (χ1) is 55.4. The molecule has 0 spiro atoms. The lowest BCUT2D eigenvalue weighted by Gasteiger charge is -2.37. The number of rotatable bonds is 29. The van der Waals surface area contributed by atoms with Crippen molar-refractivity contribution in [3.8, 4) is 23.0 Å². The van der Waals surface area contributed by atoms with Gasteiger partial charge in [0.05, 0.1) is 47.2 Å². The van der Waals surface area contributed by atoms with Crippen LogP contribution in [0, 0.1) is 17.5 Å². The zero-order chi connectivity index (χ0) is 83.8. The summed E-state index contributed by atoms with van der Waals surface area (Å²) in [6.45, 7) is -0.430. The first-order valence-corrected chi connectivity index (χ1v) is 46.7. The van der Waals surface area contributed by atoms with Crippen LogP contribution in [0.15, 0.2) is 127 Å². The number of thiazole rings is 3. The van der Waals surface area contributed by atoms with Crippen molar-refractivity contribution in [3.05, 3.63) is 157 Å². The summed E-state index contributed by atoms with van der Waals surface area (Å²) in [6, 6.07) is 20.4. The number of ether oxygens (including phenoxy) is 4. The van der Waals surface area contributed by atoms with Crippen LogP contribution in [0.1, 0.15) is 155 Å². The zero-order valence-electron chi connectivity index (χ0n) is 67.0. The Morgan fingerprint density at radius 2 is 0.871 bits per heavy atom. The molecule has 25 nitrogen and oxygen atoms in total. The van der Waals surface area contributed by atoms with Crippen molar-refractivity contribution in [2.75, 3.05) is 95.3 Å². The highest BCUT2D eigenvalue weighted by Gasteiger charge is 2.40. The number of aromatic nitrogens is 3. The standard InChI is InChI=1S/C29H37FN4O4S2.C26H32BrFN4O4S2.C21H28FN3O2S2.C3H7BO2.CH2O2/c1-33(2)26-8-6-5-7-24(26)32-25-17-23(30)28(16-22(25)19-9-10-19)40(35,36)34(29-31-13-14-39-29)18-20-11-12-21(37-3)15-27(20)38-4;1-31(2)23-8-6-5-7-21(23)30-22-15-20(28)25(14-19(22)27)38(33,34)32(26-29-11-12-37-26)16-17-9-10-18(35-3)13-24(17)36-4;1-25(2)19-6-4-3-5-17(19)24-18-12-16(22)20(11-15(18)14-7-8-14)29(26,27)13-21-23-9-10-28-21;5-4(6)3-1-2-3;2-1-3/h11-17,19,24,26,32H,5-10,18H2,1-4H3;9-15,21,23,30H,5-8,16H2,1-4H3;9-12,14,17,19,24H,3-8,13H2,1-2H3;3,5-6H,1-2H2;1H,(H,2,3)/t24-,26-;21-,23-;17-,19-;;/m000../s1. The molecule has 14 rings (SSSR count). The third-order valence-electron chi connectivity index (χ3n) is 21.7. The van der Waals surface area contributed by atoms with Gasteiger partial charge in [0.25, 0.3) is 26.5 Å². The van der Waals surface area contributed by atoms with E-state index >= 15 is 13.2 Å². The molecule has 0 unspecified atom stereocenters. The molecular weight excluding hydrogens is 1680 g/mol. The molecule has 6 fully saturated rings. The molecule has 0 saturated heterocycles. The van der Waals surface area contributed by atoms with Crippen molar-refractivity contribution in [3.63, 3.8) is 0 Å². The largest absolute Gasteiger partial charge is 0.497 e. The molecule has 6 aliphatic carbocycles. The second kappa shape index (κ2) is 41.6. The molecule has 3 aromatic heterocycles. The lowest BCUT2D eigenvalue weighted by Crippen LogP contribution is -2.45. The Labute approximate surface area is 700 Å². The van der Waals surface area contributed by atoms with Gasteiger partial charge in [0.2, 0.25) is 0 Å². The van der Waals surface area contributed by atoms with E-state index in [2.05, 4.69) is 89.7 Å². The number of sulfone groups is 1. The number of likely N-dealkylation sites (N-methyl/N-ethyl adjacent to an activating group) is 3. The van der Waals surface area contributed by atoms with Crippen LogP contribution in [0.25, 0.3) is 0 Å². The van der Waals surface area contributed by atoms with Gasteiger partial charge in [-0.3, -0.25) is 4.79 Å². The highest BCUT2D eigenvalue weighted by Crippen LogP contribution is 2.49. The van der Waals surface area contributed by atoms with Gasteiger partial charge in [0.15, 0.2) is 20.1 Å². The van der Waals surface area contributed by atoms with Crippen LogP contribution in [0.4, 0.5) is 40.5 Å². The van der Waals surface area contributed by atoms with Crippen molar-refractivity contribution in [2.24, 2.45) is 0 Å². The molecule has 6 N–H and O–H groups in total. The normalized spacial score (nSPS) is 19.4. The minimum atomic E-state index is -4.34. The molecule has 8 aromatic rings. The molecule has 0 amide bonds. The monoisotopic (exact) mass is 1780 g/mol. The van der Waals surface area contributed by atoms with E-state index in [0.29, 0.717) is 79.0 Å². The maximum Gasteiger partial charge on any atom is 0.454 e. The third-order valence-corrected chi connectivity index (χ3v) is 30.2. The second-order valence-electron chi connectivity index (χ2n) is 30.3. The Bertz CT molecular complexity index is 4880. The number of carboxylic acid groups (broad SMARTS) is 1. The van der Waals surface area contributed by atoms with Gasteiger partial charge in [0, 0.05) is 110 Å². The molecule has 0 bridgehead atoms. The Hall–Kier alpha value is -7.36. The van der Waals surface area contributed by atoms with E-state index in [1.807, 2.05) is 14.1 Å². The van der Waals surface area contributed by atoms with Crippen LogP contribution in [-0.2, 0) is 53.5 Å². The number of hydrogen-bond donors (Lipinski definition) is 6. The van der Waals surface area contributed by atoms with Gasteiger partial charge in [0.1, 0.15) is 65.9 Å². The summed E-state index contributed by atoms with van der Waals surface area (Å²) in [4.78, 5) is 26.6. The highest BCUT2D eigenvalue weighted by atomic mass is 79.9. The summed E-state index contributed by atoms with van der Waals surface area (Å²) in [7, 11) is 5.04. The lowest BCUT2D eigenvalue weighted by molar-refractivity contribution is -0.122. The molecule has 116 heavy (non-hydrogen) atoms. The summed E-state index contributed by atoms with van der Waals surface area (Å²) in [5, 5.41) is 40.1. The van der Waals surface area contributed by atoms with Gasteiger partial charge in [-0.2, -0.15) is 0 Å². The van der Waals surface area contributed by atoms with E-state index in [4.69, 9.17) is 38.9 Å². The molecule has 6 atom stereocenters. The first-order valence-electron chi connectivity index (χ1n) is 38.7. The number of nitrogens with one attached hydrogen (secondary N) is 3. The number of hydrogen-bond acceptors (Lipinski definition) is 25. The number of halogens is 4.